The lowest BCUT2D eigenvalue weighted by Gasteiger charge is -2.21. The summed E-state index contributed by atoms with van der Waals surface area (Å²) in [7, 11) is 1.66. The first kappa shape index (κ1) is 15.5. The molecule has 112 valence electrons. The number of ether oxygens (including phenoxy) is 1. The summed E-state index contributed by atoms with van der Waals surface area (Å²) in [6, 6.07) is 11.8. The van der Waals surface area contributed by atoms with E-state index < -0.39 is 0 Å². The lowest BCUT2D eigenvalue weighted by Crippen LogP contribution is -2.22. The highest BCUT2D eigenvalue weighted by molar-refractivity contribution is 5.40. The van der Waals surface area contributed by atoms with Gasteiger partial charge >= 0.3 is 0 Å². The topological polar surface area (TPSA) is 21.3 Å². The van der Waals surface area contributed by atoms with E-state index in [2.05, 4.69) is 18.3 Å². The third-order valence-electron chi connectivity index (χ3n) is 3.63. The van der Waals surface area contributed by atoms with Crippen LogP contribution in [0.15, 0.2) is 36.4 Å². The average molecular weight is 287 g/mol. The number of halogens is 1. The molecule has 0 heterocycles. The maximum Gasteiger partial charge on any atom is 0.129 e. The van der Waals surface area contributed by atoms with Crippen LogP contribution in [0.1, 0.15) is 35.2 Å². The van der Waals surface area contributed by atoms with Crippen molar-refractivity contribution in [2.24, 2.45) is 0 Å². The molecule has 0 aliphatic rings. The van der Waals surface area contributed by atoms with Gasteiger partial charge in [0.2, 0.25) is 0 Å². The highest BCUT2D eigenvalue weighted by Gasteiger charge is 2.16. The number of hydrogen-bond donors (Lipinski definition) is 1. The molecule has 21 heavy (non-hydrogen) atoms. The molecule has 2 rings (SSSR count). The summed E-state index contributed by atoms with van der Waals surface area (Å²) in [5.41, 5.74) is 3.54. The van der Waals surface area contributed by atoms with Gasteiger partial charge in [0.15, 0.2) is 0 Å². The van der Waals surface area contributed by atoms with Crippen molar-refractivity contribution in [2.75, 3.05) is 13.7 Å². The van der Waals surface area contributed by atoms with Crippen LogP contribution in [0.4, 0.5) is 4.39 Å². The molecule has 1 N–H and O–H groups in total. The molecule has 1 unspecified atom stereocenters. The van der Waals surface area contributed by atoms with Crippen LogP contribution in [-0.2, 0) is 0 Å². The van der Waals surface area contributed by atoms with Gasteiger partial charge in [-0.15, -0.1) is 0 Å². The minimum atomic E-state index is -0.125. The Morgan fingerprint density at radius 1 is 1.10 bits per heavy atom. The molecule has 2 nitrogen and oxygen atoms in total. The van der Waals surface area contributed by atoms with Gasteiger partial charge in [-0.3, -0.25) is 0 Å². The maximum absolute atomic E-state index is 13.8. The molecule has 0 aromatic heterocycles. The van der Waals surface area contributed by atoms with E-state index in [9.17, 15) is 4.39 Å². The first-order valence-electron chi connectivity index (χ1n) is 7.20. The third kappa shape index (κ3) is 3.42. The van der Waals surface area contributed by atoms with Crippen molar-refractivity contribution >= 4 is 0 Å². The van der Waals surface area contributed by atoms with E-state index in [0.717, 1.165) is 23.4 Å². The summed E-state index contributed by atoms with van der Waals surface area (Å²) in [4.78, 5) is 0. The predicted molar refractivity (Wildman–Crippen MR) is 84.4 cm³/mol. The number of rotatable bonds is 5. The van der Waals surface area contributed by atoms with Crippen molar-refractivity contribution in [3.63, 3.8) is 0 Å². The quantitative estimate of drug-likeness (QED) is 0.892. The summed E-state index contributed by atoms with van der Waals surface area (Å²) in [6.45, 7) is 6.51. The van der Waals surface area contributed by atoms with Crippen LogP contribution in [0.25, 0.3) is 0 Å². The number of benzene rings is 2. The Morgan fingerprint density at radius 2 is 1.76 bits per heavy atom. The van der Waals surface area contributed by atoms with E-state index in [0.29, 0.717) is 11.1 Å². The van der Waals surface area contributed by atoms with E-state index in [-0.39, 0.29) is 11.9 Å². The normalized spacial score (nSPS) is 12.2. The van der Waals surface area contributed by atoms with E-state index in [1.807, 2.05) is 30.3 Å². The van der Waals surface area contributed by atoms with Crippen molar-refractivity contribution in [3.8, 4) is 5.75 Å². The van der Waals surface area contributed by atoms with E-state index in [1.165, 1.54) is 0 Å². The molecule has 0 saturated heterocycles. The number of methoxy groups -OCH3 is 1. The van der Waals surface area contributed by atoms with E-state index in [1.54, 1.807) is 21.0 Å². The minimum Gasteiger partial charge on any atom is -0.497 e. The Hall–Kier alpha value is -1.87. The van der Waals surface area contributed by atoms with Crippen LogP contribution in [0.2, 0.25) is 0 Å². The smallest absolute Gasteiger partial charge is 0.129 e. The zero-order chi connectivity index (χ0) is 15.4. The summed E-state index contributed by atoms with van der Waals surface area (Å²) < 4.78 is 19.1. The molecule has 0 bridgehead atoms. The van der Waals surface area contributed by atoms with Gasteiger partial charge in [0.05, 0.1) is 13.2 Å². The van der Waals surface area contributed by atoms with Crippen LogP contribution in [0, 0.1) is 19.7 Å². The molecule has 0 aliphatic carbocycles. The number of aryl methyl sites for hydroxylation is 2. The van der Waals surface area contributed by atoms with Gasteiger partial charge < -0.3 is 10.1 Å². The zero-order valence-corrected chi connectivity index (χ0v) is 13.0. The second-order valence-corrected chi connectivity index (χ2v) is 5.24. The first-order chi connectivity index (χ1) is 10.1. The Bertz CT molecular complexity index is 601. The van der Waals surface area contributed by atoms with Gasteiger partial charge in [-0.05, 0) is 54.8 Å². The van der Waals surface area contributed by atoms with Crippen molar-refractivity contribution in [1.82, 2.24) is 5.32 Å². The van der Waals surface area contributed by atoms with Gasteiger partial charge in [-0.2, -0.15) is 0 Å². The molecular weight excluding hydrogens is 265 g/mol. The second kappa shape index (κ2) is 6.72. The Balaban J connectivity index is 2.47. The lowest BCUT2D eigenvalue weighted by atomic mass is 9.95. The van der Waals surface area contributed by atoms with Crippen LogP contribution >= 0.6 is 0 Å². The largest absolute Gasteiger partial charge is 0.497 e. The lowest BCUT2D eigenvalue weighted by molar-refractivity contribution is 0.413. The zero-order valence-electron chi connectivity index (χ0n) is 13.0. The molecule has 2 aromatic carbocycles. The van der Waals surface area contributed by atoms with Gasteiger partial charge in [0.1, 0.15) is 11.6 Å². The number of hydrogen-bond acceptors (Lipinski definition) is 2. The molecule has 0 radical (unpaired) electrons. The van der Waals surface area contributed by atoms with Crippen LogP contribution in [-0.4, -0.2) is 13.7 Å². The van der Waals surface area contributed by atoms with E-state index >= 15 is 0 Å². The molecule has 3 heteroatoms. The van der Waals surface area contributed by atoms with Crippen molar-refractivity contribution in [2.45, 2.75) is 26.8 Å². The summed E-state index contributed by atoms with van der Waals surface area (Å²) >= 11 is 0. The van der Waals surface area contributed by atoms with E-state index in [4.69, 9.17) is 4.74 Å². The SMILES string of the molecule is CCNC(c1cccc(OC)c1)c1cc(C)c(F)c(C)c1. The average Bonchev–Trinajstić information content (AvgIpc) is 2.49. The van der Waals surface area contributed by atoms with Crippen LogP contribution in [0.5, 0.6) is 5.75 Å². The Kier molecular flexibility index (Phi) is 4.97. The maximum atomic E-state index is 13.8. The molecule has 0 aliphatic heterocycles. The molecule has 1 atom stereocenters. The monoisotopic (exact) mass is 287 g/mol. The summed E-state index contributed by atoms with van der Waals surface area (Å²) in [5, 5.41) is 3.46. The van der Waals surface area contributed by atoms with Gasteiger partial charge in [-0.1, -0.05) is 31.2 Å². The molecule has 0 fully saturated rings. The number of nitrogens with one attached hydrogen (secondary N) is 1. The third-order valence-corrected chi connectivity index (χ3v) is 3.63. The Morgan fingerprint density at radius 3 is 2.33 bits per heavy atom. The van der Waals surface area contributed by atoms with Gasteiger partial charge in [0.25, 0.3) is 0 Å². The first-order valence-corrected chi connectivity index (χ1v) is 7.20. The second-order valence-electron chi connectivity index (χ2n) is 5.24. The van der Waals surface area contributed by atoms with Crippen LogP contribution in [0.3, 0.4) is 0 Å². The van der Waals surface area contributed by atoms with Crippen LogP contribution < -0.4 is 10.1 Å². The fraction of sp³-hybridized carbons (Fsp3) is 0.333. The highest BCUT2D eigenvalue weighted by Crippen LogP contribution is 2.27. The van der Waals surface area contributed by atoms with Gasteiger partial charge in [-0.25, -0.2) is 4.39 Å². The fourth-order valence-electron chi connectivity index (χ4n) is 2.60. The standard InChI is InChI=1S/C18H22FNO/c1-5-20-18(14-7-6-8-16(11-14)21-4)15-9-12(2)17(19)13(3)10-15/h6-11,18,20H,5H2,1-4H3. The van der Waals surface area contributed by atoms with Crippen molar-refractivity contribution in [1.29, 1.82) is 0 Å². The van der Waals surface area contributed by atoms with Crippen molar-refractivity contribution in [3.05, 3.63) is 64.5 Å². The molecule has 0 amide bonds. The summed E-state index contributed by atoms with van der Waals surface area (Å²) in [6.07, 6.45) is 0. The van der Waals surface area contributed by atoms with Crippen molar-refractivity contribution < 1.29 is 9.13 Å². The summed E-state index contributed by atoms with van der Waals surface area (Å²) in [5.74, 6) is 0.700. The molecule has 0 spiro atoms. The Labute approximate surface area is 126 Å². The van der Waals surface area contributed by atoms with Gasteiger partial charge in [0, 0.05) is 0 Å². The fourth-order valence-corrected chi connectivity index (χ4v) is 2.60. The molecule has 0 saturated carbocycles. The predicted octanol–water partition coefficient (Wildman–Crippen LogP) is 4.15. The minimum absolute atomic E-state index is 0.0306. The molecular formula is C18H22FNO. The molecule has 2 aromatic rings. The highest BCUT2D eigenvalue weighted by atomic mass is 19.1.